The number of para-hydroxylation sites is 2. The van der Waals surface area contributed by atoms with E-state index < -0.39 is 0 Å². The van der Waals surface area contributed by atoms with Crippen molar-refractivity contribution in [2.24, 2.45) is 10.9 Å². The summed E-state index contributed by atoms with van der Waals surface area (Å²) >= 11 is 0. The fourth-order valence-corrected chi connectivity index (χ4v) is 3.76. The van der Waals surface area contributed by atoms with Gasteiger partial charge in [-0.2, -0.15) is 0 Å². The summed E-state index contributed by atoms with van der Waals surface area (Å²) < 4.78 is 0. The van der Waals surface area contributed by atoms with E-state index in [1.54, 1.807) is 0 Å². The van der Waals surface area contributed by atoms with Crippen LogP contribution in [0.2, 0.25) is 0 Å². The van der Waals surface area contributed by atoms with Crippen LogP contribution in [0.3, 0.4) is 0 Å². The Morgan fingerprint density at radius 3 is 2.57 bits per heavy atom. The summed E-state index contributed by atoms with van der Waals surface area (Å²) in [6, 6.07) is 8.40. The Morgan fingerprint density at radius 2 is 1.81 bits per heavy atom. The van der Waals surface area contributed by atoms with Crippen LogP contribution in [0.4, 0.5) is 11.4 Å². The molecule has 0 bridgehead atoms. The summed E-state index contributed by atoms with van der Waals surface area (Å²) in [5, 5.41) is 4.62. The van der Waals surface area contributed by atoms with Gasteiger partial charge in [0.2, 0.25) is 5.91 Å². The normalized spacial score (nSPS) is 25.7. The summed E-state index contributed by atoms with van der Waals surface area (Å²) in [5.41, 5.74) is 1.88. The van der Waals surface area contributed by atoms with Crippen LogP contribution >= 0.6 is 0 Å². The number of aliphatic imine (C=N–C) groups is 1. The number of amides is 1. The standard InChI is InChI=1S/C17H20N3O/c21-16-10-12(11-20(16)13-6-2-1-3-7-13)17-18-14-8-4-5-9-15(14)19-17/h4-5,8-9,12-13H,1-3,6-7,10-11H2. The van der Waals surface area contributed by atoms with Crippen LogP contribution in [0.25, 0.3) is 0 Å². The molecule has 1 saturated carbocycles. The largest absolute Gasteiger partial charge is 0.339 e. The summed E-state index contributed by atoms with van der Waals surface area (Å²) in [4.78, 5) is 19.1. The minimum Gasteiger partial charge on any atom is -0.339 e. The zero-order chi connectivity index (χ0) is 14.2. The predicted molar refractivity (Wildman–Crippen MR) is 82.0 cm³/mol. The molecule has 0 aromatic heterocycles. The first-order chi connectivity index (χ1) is 10.3. The molecule has 0 N–H and O–H groups in total. The Bertz CT molecular complexity index is 589. The van der Waals surface area contributed by atoms with Gasteiger partial charge in [0.15, 0.2) is 0 Å². The summed E-state index contributed by atoms with van der Waals surface area (Å²) in [5.74, 6) is 1.32. The topological polar surface area (TPSA) is 46.8 Å². The van der Waals surface area contributed by atoms with Crippen molar-refractivity contribution in [1.29, 1.82) is 0 Å². The van der Waals surface area contributed by atoms with Gasteiger partial charge in [0, 0.05) is 24.9 Å². The first-order valence-electron chi connectivity index (χ1n) is 8.00. The third-order valence-corrected chi connectivity index (χ3v) is 4.89. The van der Waals surface area contributed by atoms with Crippen molar-refractivity contribution in [2.75, 3.05) is 6.54 Å². The van der Waals surface area contributed by atoms with Gasteiger partial charge in [-0.1, -0.05) is 31.4 Å². The van der Waals surface area contributed by atoms with Crippen molar-refractivity contribution in [3.8, 4) is 0 Å². The molecule has 1 unspecified atom stereocenters. The maximum atomic E-state index is 12.3. The maximum Gasteiger partial charge on any atom is 0.223 e. The number of benzene rings is 1. The minimum absolute atomic E-state index is 0.173. The second-order valence-electron chi connectivity index (χ2n) is 6.31. The van der Waals surface area contributed by atoms with Crippen LogP contribution in [0.15, 0.2) is 29.3 Å². The highest BCUT2D eigenvalue weighted by Gasteiger charge is 2.38. The predicted octanol–water partition coefficient (Wildman–Crippen LogP) is 3.15. The van der Waals surface area contributed by atoms with Gasteiger partial charge >= 0.3 is 0 Å². The van der Waals surface area contributed by atoms with E-state index in [2.05, 4.69) is 15.2 Å². The highest BCUT2D eigenvalue weighted by molar-refractivity contribution is 6.00. The average molecular weight is 282 g/mol. The van der Waals surface area contributed by atoms with E-state index in [4.69, 9.17) is 0 Å². The van der Waals surface area contributed by atoms with Crippen LogP contribution in [0.5, 0.6) is 0 Å². The molecule has 1 saturated heterocycles. The number of rotatable bonds is 2. The lowest BCUT2D eigenvalue weighted by Gasteiger charge is -2.31. The van der Waals surface area contributed by atoms with Crippen LogP contribution < -0.4 is 5.32 Å². The van der Waals surface area contributed by atoms with E-state index in [0.717, 1.165) is 23.8 Å². The first kappa shape index (κ1) is 12.9. The van der Waals surface area contributed by atoms with Gasteiger partial charge in [-0.25, -0.2) is 10.3 Å². The van der Waals surface area contributed by atoms with Crippen molar-refractivity contribution in [3.63, 3.8) is 0 Å². The van der Waals surface area contributed by atoms with Gasteiger partial charge < -0.3 is 4.90 Å². The fraction of sp³-hybridized carbons (Fsp3) is 0.529. The van der Waals surface area contributed by atoms with E-state index in [1.165, 1.54) is 32.1 Å². The number of hydrogen-bond donors (Lipinski definition) is 0. The van der Waals surface area contributed by atoms with Crippen molar-refractivity contribution in [2.45, 2.75) is 44.6 Å². The summed E-state index contributed by atoms with van der Waals surface area (Å²) in [6.07, 6.45) is 6.75. The Labute approximate surface area is 125 Å². The average Bonchev–Trinajstić information content (AvgIpc) is 3.11. The second kappa shape index (κ2) is 5.17. The molecular formula is C17H20N3O. The SMILES string of the molecule is O=C1CC(C2=Nc3ccccc3[N]2)CN1C1CCCCC1. The van der Waals surface area contributed by atoms with Gasteiger partial charge in [-0.05, 0) is 25.0 Å². The summed E-state index contributed by atoms with van der Waals surface area (Å²) in [6.45, 7) is 0.805. The van der Waals surface area contributed by atoms with Crippen LogP contribution in [0.1, 0.15) is 38.5 Å². The molecule has 4 heteroatoms. The molecule has 1 aromatic rings. The monoisotopic (exact) mass is 282 g/mol. The van der Waals surface area contributed by atoms with Gasteiger partial charge in [-0.15, -0.1) is 0 Å². The number of hydrogen-bond acceptors (Lipinski definition) is 2. The van der Waals surface area contributed by atoms with E-state index in [-0.39, 0.29) is 5.92 Å². The van der Waals surface area contributed by atoms with Crippen LogP contribution in [-0.4, -0.2) is 29.2 Å². The van der Waals surface area contributed by atoms with E-state index in [9.17, 15) is 4.79 Å². The molecule has 1 aromatic carbocycles. The summed E-state index contributed by atoms with van der Waals surface area (Å²) in [7, 11) is 0. The molecule has 4 nitrogen and oxygen atoms in total. The molecule has 1 radical (unpaired) electrons. The second-order valence-corrected chi connectivity index (χ2v) is 6.31. The van der Waals surface area contributed by atoms with Gasteiger partial charge in [0.05, 0.1) is 11.4 Å². The lowest BCUT2D eigenvalue weighted by molar-refractivity contribution is -0.130. The van der Waals surface area contributed by atoms with Crippen molar-refractivity contribution < 1.29 is 4.79 Å². The zero-order valence-electron chi connectivity index (χ0n) is 12.2. The minimum atomic E-state index is 0.173. The molecule has 2 aliphatic heterocycles. The third-order valence-electron chi connectivity index (χ3n) is 4.89. The third kappa shape index (κ3) is 2.33. The number of fused-ring (bicyclic) bond motifs is 1. The molecule has 1 aliphatic carbocycles. The van der Waals surface area contributed by atoms with Crippen molar-refractivity contribution in [1.82, 2.24) is 10.2 Å². The highest BCUT2D eigenvalue weighted by atomic mass is 16.2. The number of nitrogens with zero attached hydrogens (tertiary/aromatic N) is 3. The number of carbonyl (C=O) groups excluding carboxylic acids is 1. The maximum absolute atomic E-state index is 12.3. The Hall–Kier alpha value is -1.84. The molecule has 2 heterocycles. The number of amidine groups is 1. The Balaban J connectivity index is 1.48. The van der Waals surface area contributed by atoms with Crippen molar-refractivity contribution in [3.05, 3.63) is 24.3 Å². The number of carbonyl (C=O) groups is 1. The van der Waals surface area contributed by atoms with Gasteiger partial charge in [-0.3, -0.25) is 4.79 Å². The Morgan fingerprint density at radius 1 is 1.05 bits per heavy atom. The smallest absolute Gasteiger partial charge is 0.223 e. The van der Waals surface area contributed by atoms with E-state index >= 15 is 0 Å². The van der Waals surface area contributed by atoms with Crippen LogP contribution in [-0.2, 0) is 4.79 Å². The molecule has 109 valence electrons. The lowest BCUT2D eigenvalue weighted by atomic mass is 9.94. The molecule has 1 amide bonds. The molecule has 3 aliphatic rings. The quantitative estimate of drug-likeness (QED) is 0.822. The van der Waals surface area contributed by atoms with Gasteiger partial charge in [0.1, 0.15) is 5.84 Å². The van der Waals surface area contributed by atoms with Gasteiger partial charge in [0.25, 0.3) is 0 Å². The van der Waals surface area contributed by atoms with E-state index in [0.29, 0.717) is 18.4 Å². The first-order valence-corrected chi connectivity index (χ1v) is 8.00. The highest BCUT2D eigenvalue weighted by Crippen LogP contribution is 2.35. The van der Waals surface area contributed by atoms with Crippen molar-refractivity contribution >= 4 is 23.1 Å². The fourth-order valence-electron chi connectivity index (χ4n) is 3.76. The molecule has 1 atom stereocenters. The number of likely N-dealkylation sites (tertiary alicyclic amines) is 1. The molecule has 0 spiro atoms. The lowest BCUT2D eigenvalue weighted by Crippen LogP contribution is -2.38. The van der Waals surface area contributed by atoms with Crippen LogP contribution in [0, 0.1) is 5.92 Å². The zero-order valence-corrected chi connectivity index (χ0v) is 12.2. The Kier molecular flexibility index (Phi) is 3.17. The molecule has 21 heavy (non-hydrogen) atoms. The molecule has 2 fully saturated rings. The van der Waals surface area contributed by atoms with E-state index in [1.807, 2.05) is 24.3 Å². The molecular weight excluding hydrogens is 262 g/mol. The molecule has 4 rings (SSSR count).